The van der Waals surface area contributed by atoms with Gasteiger partial charge in [0.1, 0.15) is 0 Å². The molecule has 2 nitrogen and oxygen atoms in total. The van der Waals surface area contributed by atoms with Crippen LogP contribution in [-0.4, -0.2) is 19.5 Å². The molecule has 1 saturated heterocycles. The van der Waals surface area contributed by atoms with Crippen LogP contribution >= 0.6 is 15.9 Å². The molecule has 1 unspecified atom stereocenters. The molecular weight excluding hydrogens is 292 g/mol. The quantitative estimate of drug-likeness (QED) is 0.585. The number of hydrogen-bond donors (Lipinski definition) is 0. The van der Waals surface area contributed by atoms with Gasteiger partial charge in [0, 0.05) is 13.2 Å². The van der Waals surface area contributed by atoms with E-state index in [9.17, 15) is 0 Å². The average molecular weight is 319 g/mol. The predicted octanol–water partition coefficient (Wildman–Crippen LogP) is 5.02. The molecule has 106 valence electrons. The van der Waals surface area contributed by atoms with Crippen LogP contribution in [0.2, 0.25) is 0 Å². The highest BCUT2D eigenvalue weighted by Gasteiger charge is 2.16. The van der Waals surface area contributed by atoms with Crippen molar-refractivity contribution in [1.29, 1.82) is 0 Å². The highest BCUT2D eigenvalue weighted by atomic mass is 79.9. The summed E-state index contributed by atoms with van der Waals surface area (Å²) >= 11 is 3.32. The lowest BCUT2D eigenvalue weighted by Gasteiger charge is -2.24. The summed E-state index contributed by atoms with van der Waals surface area (Å²) in [5, 5.41) is 0. The van der Waals surface area contributed by atoms with Gasteiger partial charge in [-0.3, -0.25) is 0 Å². The van der Waals surface area contributed by atoms with E-state index >= 15 is 0 Å². The maximum Gasteiger partial charge on any atom is 0.157 e. The van der Waals surface area contributed by atoms with Gasteiger partial charge in [-0.1, -0.05) is 42.3 Å². The van der Waals surface area contributed by atoms with Crippen molar-refractivity contribution < 1.29 is 9.47 Å². The van der Waals surface area contributed by atoms with Gasteiger partial charge >= 0.3 is 0 Å². The van der Waals surface area contributed by atoms with E-state index in [4.69, 9.17) is 9.47 Å². The summed E-state index contributed by atoms with van der Waals surface area (Å²) in [6.07, 6.45) is 10.5. The molecule has 1 aliphatic heterocycles. The molecule has 0 radical (unpaired) electrons. The van der Waals surface area contributed by atoms with Crippen molar-refractivity contribution in [3.05, 3.63) is 11.1 Å². The molecule has 0 amide bonds. The summed E-state index contributed by atoms with van der Waals surface area (Å²) in [5.41, 5.74) is 0.394. The van der Waals surface area contributed by atoms with Crippen molar-refractivity contribution in [2.45, 2.75) is 65.1 Å². The van der Waals surface area contributed by atoms with E-state index in [-0.39, 0.29) is 6.29 Å². The van der Waals surface area contributed by atoms with Crippen molar-refractivity contribution in [3.8, 4) is 0 Å². The van der Waals surface area contributed by atoms with Gasteiger partial charge in [0.2, 0.25) is 0 Å². The number of rotatable bonds is 8. The largest absolute Gasteiger partial charge is 0.353 e. The lowest BCUT2D eigenvalue weighted by atomic mass is 9.84. The first-order valence-electron chi connectivity index (χ1n) is 7.12. The second-order valence-corrected chi connectivity index (χ2v) is 6.38. The zero-order chi connectivity index (χ0) is 13.3. The number of ether oxygens (including phenoxy) is 2. The molecule has 0 aromatic rings. The molecule has 18 heavy (non-hydrogen) atoms. The van der Waals surface area contributed by atoms with Crippen molar-refractivity contribution >= 4 is 15.9 Å². The van der Waals surface area contributed by atoms with Crippen molar-refractivity contribution in [2.75, 3.05) is 13.2 Å². The molecule has 1 heterocycles. The first-order valence-corrected chi connectivity index (χ1v) is 8.04. The molecule has 0 spiro atoms. The van der Waals surface area contributed by atoms with E-state index < -0.39 is 0 Å². The topological polar surface area (TPSA) is 18.5 Å². The van der Waals surface area contributed by atoms with Crippen molar-refractivity contribution in [3.63, 3.8) is 0 Å². The van der Waals surface area contributed by atoms with E-state index in [0.29, 0.717) is 5.41 Å². The van der Waals surface area contributed by atoms with Gasteiger partial charge in [-0.2, -0.15) is 0 Å². The van der Waals surface area contributed by atoms with Gasteiger partial charge in [0.05, 0.1) is 0 Å². The molecule has 0 aromatic carbocycles. The third-order valence-corrected chi connectivity index (χ3v) is 3.82. The summed E-state index contributed by atoms with van der Waals surface area (Å²) in [6, 6.07) is 0. The standard InChI is InChI=1S/C15H27BrO2/c1-15(2,10-7-11-16)9-4-6-13-18-14-8-3-5-12-17-14/h7,11,14H,3-6,8-10,12-13H2,1-2H3/b11-7+. The van der Waals surface area contributed by atoms with Gasteiger partial charge in [-0.25, -0.2) is 0 Å². The van der Waals surface area contributed by atoms with Crippen LogP contribution in [0, 0.1) is 5.41 Å². The van der Waals surface area contributed by atoms with E-state index in [2.05, 4.69) is 35.9 Å². The Labute approximate surface area is 120 Å². The normalized spacial score (nSPS) is 21.6. The monoisotopic (exact) mass is 318 g/mol. The van der Waals surface area contributed by atoms with E-state index in [1.807, 2.05) is 4.99 Å². The predicted molar refractivity (Wildman–Crippen MR) is 79.9 cm³/mol. The molecule has 1 atom stereocenters. The van der Waals surface area contributed by atoms with Gasteiger partial charge in [-0.05, 0) is 48.9 Å². The Morgan fingerprint density at radius 2 is 2.17 bits per heavy atom. The molecule has 0 bridgehead atoms. The molecule has 1 aliphatic rings. The minimum Gasteiger partial charge on any atom is -0.353 e. The van der Waals surface area contributed by atoms with Crippen molar-refractivity contribution in [1.82, 2.24) is 0 Å². The van der Waals surface area contributed by atoms with Crippen LogP contribution in [0.1, 0.15) is 58.8 Å². The minimum absolute atomic E-state index is 0.0723. The maximum atomic E-state index is 5.74. The molecule has 1 fully saturated rings. The van der Waals surface area contributed by atoms with Crippen LogP contribution in [-0.2, 0) is 9.47 Å². The van der Waals surface area contributed by atoms with E-state index in [0.717, 1.165) is 32.5 Å². The molecule has 0 N–H and O–H groups in total. The first kappa shape index (κ1) is 16.2. The minimum atomic E-state index is 0.0723. The maximum absolute atomic E-state index is 5.74. The Bertz CT molecular complexity index is 233. The fourth-order valence-electron chi connectivity index (χ4n) is 2.23. The van der Waals surface area contributed by atoms with Crippen LogP contribution in [0.5, 0.6) is 0 Å². The second-order valence-electron chi connectivity index (χ2n) is 5.85. The highest BCUT2D eigenvalue weighted by molar-refractivity contribution is 9.11. The number of hydrogen-bond acceptors (Lipinski definition) is 2. The average Bonchev–Trinajstić information content (AvgIpc) is 2.37. The van der Waals surface area contributed by atoms with Gasteiger partial charge in [0.25, 0.3) is 0 Å². The first-order chi connectivity index (χ1) is 8.64. The fraction of sp³-hybridized carbons (Fsp3) is 0.867. The van der Waals surface area contributed by atoms with Crippen LogP contribution in [0.3, 0.4) is 0 Å². The highest BCUT2D eigenvalue weighted by Crippen LogP contribution is 2.28. The summed E-state index contributed by atoms with van der Waals surface area (Å²) in [6.45, 7) is 6.36. The Morgan fingerprint density at radius 3 is 2.83 bits per heavy atom. The Morgan fingerprint density at radius 1 is 1.33 bits per heavy atom. The SMILES string of the molecule is CC(C)(C/C=C/Br)CCCCOC1CCCCO1. The van der Waals surface area contributed by atoms with E-state index in [1.54, 1.807) is 0 Å². The molecule has 0 saturated carbocycles. The van der Waals surface area contributed by atoms with Crippen molar-refractivity contribution in [2.24, 2.45) is 5.41 Å². The molecule has 1 rings (SSSR count). The zero-order valence-corrected chi connectivity index (χ0v) is 13.4. The summed E-state index contributed by atoms with van der Waals surface area (Å²) in [5.74, 6) is 0. The summed E-state index contributed by atoms with van der Waals surface area (Å²) in [7, 11) is 0. The number of unbranched alkanes of at least 4 members (excludes halogenated alkanes) is 1. The Hall–Kier alpha value is 0.140. The van der Waals surface area contributed by atoms with Crippen LogP contribution in [0.15, 0.2) is 11.1 Å². The number of allylic oxidation sites excluding steroid dienone is 1. The third-order valence-electron chi connectivity index (χ3n) is 3.45. The summed E-state index contributed by atoms with van der Waals surface area (Å²) < 4.78 is 11.3. The molecule has 3 heteroatoms. The lowest BCUT2D eigenvalue weighted by molar-refractivity contribution is -0.162. The lowest BCUT2D eigenvalue weighted by Crippen LogP contribution is -2.22. The molecule has 0 aromatic heterocycles. The Kier molecular flexibility index (Phi) is 8.20. The number of halogens is 1. The van der Waals surface area contributed by atoms with E-state index in [1.165, 1.54) is 25.7 Å². The summed E-state index contributed by atoms with van der Waals surface area (Å²) in [4.78, 5) is 1.96. The fourth-order valence-corrected chi connectivity index (χ4v) is 2.42. The van der Waals surface area contributed by atoms with Crippen LogP contribution in [0.4, 0.5) is 0 Å². The third kappa shape index (κ3) is 7.55. The molecule has 0 aliphatic carbocycles. The smallest absolute Gasteiger partial charge is 0.157 e. The van der Waals surface area contributed by atoms with Gasteiger partial charge in [0.15, 0.2) is 6.29 Å². The molecular formula is C15H27BrO2. The van der Waals surface area contributed by atoms with Crippen LogP contribution < -0.4 is 0 Å². The second kappa shape index (κ2) is 9.11. The van der Waals surface area contributed by atoms with Gasteiger partial charge < -0.3 is 9.47 Å². The Balaban J connectivity index is 2.00. The van der Waals surface area contributed by atoms with Crippen LogP contribution in [0.25, 0.3) is 0 Å². The van der Waals surface area contributed by atoms with Gasteiger partial charge in [-0.15, -0.1) is 0 Å². The zero-order valence-electron chi connectivity index (χ0n) is 11.8.